The SMILES string of the molecule is CN(C)c1cc(NC(=O)Cn2cc(-c3cc(C(N)=O)c(O)c(F)c3F)c3c(=O)n4c(nc32)CCC4)c(Cl)c(F)n1. The minimum absolute atomic E-state index is 0.00204. The first-order valence-electron chi connectivity index (χ1n) is 11.9. The van der Waals surface area contributed by atoms with Crippen molar-refractivity contribution in [3.05, 3.63) is 62.7 Å². The van der Waals surface area contributed by atoms with E-state index in [1.165, 1.54) is 26.3 Å². The molecule has 1 aliphatic rings. The van der Waals surface area contributed by atoms with Crippen molar-refractivity contribution in [2.24, 2.45) is 5.73 Å². The highest BCUT2D eigenvalue weighted by molar-refractivity contribution is 6.33. The smallest absolute Gasteiger partial charge is 0.263 e. The van der Waals surface area contributed by atoms with E-state index in [-0.39, 0.29) is 28.1 Å². The first kappa shape index (κ1) is 27.0. The Morgan fingerprint density at radius 2 is 1.90 bits per heavy atom. The number of rotatable bonds is 6. The van der Waals surface area contributed by atoms with E-state index in [4.69, 9.17) is 17.3 Å². The Bertz CT molecular complexity index is 1800. The molecule has 2 amide bonds. The normalized spacial score (nSPS) is 12.6. The molecular weight excluding hydrogens is 555 g/mol. The molecule has 5 rings (SSSR count). The molecular formula is C25H21ClF3N7O4. The molecule has 0 spiro atoms. The van der Waals surface area contributed by atoms with Gasteiger partial charge in [-0.1, -0.05) is 11.6 Å². The molecule has 4 heterocycles. The quantitative estimate of drug-likeness (QED) is 0.299. The molecule has 0 fully saturated rings. The van der Waals surface area contributed by atoms with Crippen LogP contribution in [-0.2, 0) is 24.3 Å². The van der Waals surface area contributed by atoms with Crippen LogP contribution in [0.1, 0.15) is 22.6 Å². The van der Waals surface area contributed by atoms with Gasteiger partial charge in [-0.3, -0.25) is 19.0 Å². The van der Waals surface area contributed by atoms with Crippen molar-refractivity contribution in [3.63, 3.8) is 0 Å². The van der Waals surface area contributed by atoms with Gasteiger partial charge in [0.05, 0.1) is 16.6 Å². The molecule has 0 saturated carbocycles. The summed E-state index contributed by atoms with van der Waals surface area (Å²) in [5.41, 5.74) is 3.18. The second-order valence-electron chi connectivity index (χ2n) is 9.35. The number of hydrogen-bond acceptors (Lipinski definition) is 7. The van der Waals surface area contributed by atoms with E-state index in [1.54, 1.807) is 14.1 Å². The number of nitrogens with one attached hydrogen (secondary N) is 1. The van der Waals surface area contributed by atoms with Crippen molar-refractivity contribution < 1.29 is 27.9 Å². The first-order valence-corrected chi connectivity index (χ1v) is 12.2. The molecule has 1 aromatic carbocycles. The molecule has 0 radical (unpaired) electrons. The lowest BCUT2D eigenvalue weighted by atomic mass is 10.0. The van der Waals surface area contributed by atoms with E-state index < -0.39 is 63.4 Å². The summed E-state index contributed by atoms with van der Waals surface area (Å²) >= 11 is 6.00. The van der Waals surface area contributed by atoms with Gasteiger partial charge < -0.3 is 25.6 Å². The first-order chi connectivity index (χ1) is 18.9. The third kappa shape index (κ3) is 4.39. The van der Waals surface area contributed by atoms with Crippen LogP contribution in [0.2, 0.25) is 5.02 Å². The molecule has 15 heteroatoms. The standard InChI is InChI=1S/C25H21ClF3N7O4/c1-34(2)15-7-13(18(26)22(29)32-15)31-16(37)9-35-8-12(10-6-11(23(30)39)21(38)20(28)19(10)27)17-24(35)33-14-4-3-5-36(14)25(17)40/h6-8,38H,3-5,9H2,1-2H3,(H2,30,39)(H,31,32,37). The fourth-order valence-electron chi connectivity index (χ4n) is 4.60. The lowest BCUT2D eigenvalue weighted by Crippen LogP contribution is -2.23. The number of anilines is 2. The Morgan fingerprint density at radius 1 is 1.18 bits per heavy atom. The molecule has 0 aliphatic carbocycles. The molecule has 4 aromatic rings. The van der Waals surface area contributed by atoms with Gasteiger partial charge in [-0.05, 0) is 12.5 Å². The largest absolute Gasteiger partial charge is 0.504 e. The van der Waals surface area contributed by atoms with Crippen LogP contribution >= 0.6 is 11.6 Å². The van der Waals surface area contributed by atoms with E-state index in [9.17, 15) is 28.3 Å². The number of nitrogens with two attached hydrogens (primary N) is 1. The van der Waals surface area contributed by atoms with Crippen LogP contribution in [0, 0.1) is 17.6 Å². The Hall–Kier alpha value is -4.59. The number of aryl methyl sites for hydroxylation is 1. The van der Waals surface area contributed by atoms with E-state index in [0.29, 0.717) is 25.2 Å². The van der Waals surface area contributed by atoms with Crippen LogP contribution in [0.4, 0.5) is 24.7 Å². The molecule has 11 nitrogen and oxygen atoms in total. The zero-order valence-electron chi connectivity index (χ0n) is 21.1. The summed E-state index contributed by atoms with van der Waals surface area (Å²) in [7, 11) is 3.23. The van der Waals surface area contributed by atoms with Gasteiger partial charge in [0.1, 0.15) is 28.9 Å². The third-order valence-electron chi connectivity index (χ3n) is 6.52. The Balaban J connectivity index is 1.65. The predicted molar refractivity (Wildman–Crippen MR) is 140 cm³/mol. The monoisotopic (exact) mass is 575 g/mol. The molecule has 0 bridgehead atoms. The summed E-state index contributed by atoms with van der Waals surface area (Å²) in [5.74, 6) is -6.85. The average Bonchev–Trinajstić information content (AvgIpc) is 3.51. The fraction of sp³-hybridized carbons (Fsp3) is 0.240. The van der Waals surface area contributed by atoms with Gasteiger partial charge in [-0.25, -0.2) is 14.4 Å². The predicted octanol–water partition coefficient (Wildman–Crippen LogP) is 2.79. The number of carbonyl (C=O) groups is 2. The molecule has 0 saturated heterocycles. The van der Waals surface area contributed by atoms with Crippen molar-refractivity contribution >= 4 is 46.0 Å². The highest BCUT2D eigenvalue weighted by Gasteiger charge is 2.28. The summed E-state index contributed by atoms with van der Waals surface area (Å²) in [6.07, 6.45) is 2.30. The zero-order chi connectivity index (χ0) is 29.0. The number of aromatic hydroxyl groups is 1. The van der Waals surface area contributed by atoms with Gasteiger partial charge in [-0.2, -0.15) is 8.78 Å². The summed E-state index contributed by atoms with van der Waals surface area (Å²) in [6, 6.07) is 2.19. The second-order valence-corrected chi connectivity index (χ2v) is 9.72. The van der Waals surface area contributed by atoms with Crippen LogP contribution in [-0.4, -0.2) is 50.1 Å². The number of hydrogen-bond donors (Lipinski definition) is 3. The Labute approximate surface area is 228 Å². The van der Waals surface area contributed by atoms with E-state index in [2.05, 4.69) is 15.3 Å². The maximum absolute atomic E-state index is 15.1. The zero-order valence-corrected chi connectivity index (χ0v) is 21.8. The van der Waals surface area contributed by atoms with Crippen molar-refractivity contribution in [1.82, 2.24) is 19.1 Å². The van der Waals surface area contributed by atoms with Gasteiger partial charge in [0.25, 0.3) is 11.5 Å². The lowest BCUT2D eigenvalue weighted by Gasteiger charge is -2.15. The van der Waals surface area contributed by atoms with Crippen LogP contribution in [0.5, 0.6) is 5.75 Å². The molecule has 3 aromatic heterocycles. The topological polar surface area (TPSA) is 148 Å². The molecule has 0 unspecified atom stereocenters. The van der Waals surface area contributed by atoms with E-state index in [1.807, 2.05) is 0 Å². The van der Waals surface area contributed by atoms with E-state index >= 15 is 4.39 Å². The second kappa shape index (κ2) is 9.86. The number of nitrogens with zero attached hydrogens (tertiary/aromatic N) is 5. The van der Waals surface area contributed by atoms with Crippen LogP contribution in [0.25, 0.3) is 22.2 Å². The van der Waals surface area contributed by atoms with Crippen molar-refractivity contribution in [1.29, 1.82) is 0 Å². The number of amides is 2. The number of aromatic nitrogens is 4. The average molecular weight is 576 g/mol. The summed E-state index contributed by atoms with van der Waals surface area (Å²) in [5, 5.41) is 11.8. The van der Waals surface area contributed by atoms with Gasteiger partial charge in [0, 0.05) is 50.5 Å². The summed E-state index contributed by atoms with van der Waals surface area (Å²) in [6.45, 7) is -0.143. The van der Waals surface area contributed by atoms with Crippen molar-refractivity contribution in [2.45, 2.75) is 25.9 Å². The molecule has 40 heavy (non-hydrogen) atoms. The van der Waals surface area contributed by atoms with Gasteiger partial charge in [-0.15, -0.1) is 0 Å². The summed E-state index contributed by atoms with van der Waals surface area (Å²) < 4.78 is 46.6. The van der Waals surface area contributed by atoms with Crippen LogP contribution in [0.3, 0.4) is 0 Å². The van der Waals surface area contributed by atoms with Crippen LogP contribution < -0.4 is 21.5 Å². The number of phenols is 1. The van der Waals surface area contributed by atoms with Crippen LogP contribution in [0.15, 0.2) is 23.1 Å². The number of benzene rings is 1. The number of carbonyl (C=O) groups excluding carboxylic acids is 2. The highest BCUT2D eigenvalue weighted by Crippen LogP contribution is 2.36. The number of halogens is 4. The van der Waals surface area contributed by atoms with Crippen molar-refractivity contribution in [2.75, 3.05) is 24.3 Å². The van der Waals surface area contributed by atoms with Gasteiger partial charge >= 0.3 is 0 Å². The van der Waals surface area contributed by atoms with Crippen molar-refractivity contribution in [3.8, 4) is 16.9 Å². The minimum atomic E-state index is -1.73. The molecule has 4 N–H and O–H groups in total. The Morgan fingerprint density at radius 3 is 2.58 bits per heavy atom. The molecule has 1 aliphatic heterocycles. The Kier molecular flexibility index (Phi) is 6.66. The van der Waals surface area contributed by atoms with Gasteiger partial charge in [0.2, 0.25) is 17.7 Å². The van der Waals surface area contributed by atoms with Gasteiger partial charge in [0.15, 0.2) is 11.6 Å². The maximum atomic E-state index is 15.1. The third-order valence-corrected chi connectivity index (χ3v) is 6.88. The molecule has 0 atom stereocenters. The lowest BCUT2D eigenvalue weighted by molar-refractivity contribution is -0.116. The number of fused-ring (bicyclic) bond motifs is 2. The fourth-order valence-corrected chi connectivity index (χ4v) is 4.75. The maximum Gasteiger partial charge on any atom is 0.263 e. The van der Waals surface area contributed by atoms with E-state index in [0.717, 1.165) is 6.07 Å². The minimum Gasteiger partial charge on any atom is -0.504 e. The number of primary amides is 1. The molecule has 208 valence electrons. The highest BCUT2D eigenvalue weighted by atomic mass is 35.5. The summed E-state index contributed by atoms with van der Waals surface area (Å²) in [4.78, 5) is 48.0. The number of pyridine rings is 1.